The molecule has 2 heterocycles. The minimum absolute atomic E-state index is 0.0788. The van der Waals surface area contributed by atoms with Crippen molar-refractivity contribution >= 4 is 17.7 Å². The van der Waals surface area contributed by atoms with Crippen LogP contribution in [0, 0.1) is 6.92 Å². The standard InChI is InChI=1S/C28H36N4O5/c1-20-5-7-22(8-6-20)27(35)32-24(25(33)29-15-18-30(2)3)19-37-28(32)13-16-31(17-14-28)26(34)21-9-11-23(36-4)12-10-21/h5-12,24H,13-19H2,1-4H3,(H,29,33)/t24-/m0/s1. The third-order valence-electron chi connectivity index (χ3n) is 7.11. The lowest BCUT2D eigenvalue weighted by atomic mass is 9.96. The number of nitrogens with one attached hydrogen (secondary N) is 1. The fourth-order valence-electron chi connectivity index (χ4n) is 4.90. The van der Waals surface area contributed by atoms with Crippen molar-refractivity contribution in [3.05, 3.63) is 65.2 Å². The molecule has 3 amide bonds. The van der Waals surface area contributed by atoms with Crippen molar-refractivity contribution < 1.29 is 23.9 Å². The number of likely N-dealkylation sites (tertiary alicyclic amines) is 1. The van der Waals surface area contributed by atoms with Gasteiger partial charge in [0.15, 0.2) is 0 Å². The Labute approximate surface area is 218 Å². The summed E-state index contributed by atoms with van der Waals surface area (Å²) >= 11 is 0. The Kier molecular flexibility index (Phi) is 8.14. The first-order valence-electron chi connectivity index (χ1n) is 12.6. The van der Waals surface area contributed by atoms with Gasteiger partial charge >= 0.3 is 0 Å². The second-order valence-electron chi connectivity index (χ2n) is 9.93. The molecule has 2 aromatic rings. The van der Waals surface area contributed by atoms with Gasteiger partial charge in [-0.25, -0.2) is 0 Å². The number of carbonyl (C=O) groups excluding carboxylic acids is 3. The average Bonchev–Trinajstić information content (AvgIpc) is 3.27. The predicted molar refractivity (Wildman–Crippen MR) is 140 cm³/mol. The maximum Gasteiger partial charge on any atom is 0.256 e. The summed E-state index contributed by atoms with van der Waals surface area (Å²) in [5.41, 5.74) is 1.20. The van der Waals surface area contributed by atoms with E-state index in [1.165, 1.54) is 0 Å². The molecule has 1 spiro atoms. The highest BCUT2D eigenvalue weighted by Gasteiger charge is 2.54. The van der Waals surface area contributed by atoms with Gasteiger partial charge in [0.2, 0.25) is 5.91 Å². The quantitative estimate of drug-likeness (QED) is 0.617. The lowest BCUT2D eigenvalue weighted by Gasteiger charge is -2.44. The molecule has 0 aliphatic carbocycles. The number of piperidine rings is 1. The lowest BCUT2D eigenvalue weighted by Crippen LogP contribution is -2.60. The number of amides is 3. The molecule has 0 radical (unpaired) electrons. The first kappa shape index (κ1) is 26.6. The van der Waals surface area contributed by atoms with E-state index >= 15 is 0 Å². The molecule has 198 valence electrons. The Balaban J connectivity index is 1.52. The maximum atomic E-state index is 13.8. The van der Waals surface area contributed by atoms with Gasteiger partial charge in [0.1, 0.15) is 17.5 Å². The van der Waals surface area contributed by atoms with E-state index in [1.807, 2.05) is 38.1 Å². The molecule has 9 nitrogen and oxygen atoms in total. The number of hydrogen-bond acceptors (Lipinski definition) is 6. The van der Waals surface area contributed by atoms with E-state index in [1.54, 1.807) is 53.3 Å². The zero-order valence-corrected chi connectivity index (χ0v) is 22.0. The van der Waals surface area contributed by atoms with Crippen LogP contribution in [0.15, 0.2) is 48.5 Å². The zero-order valence-electron chi connectivity index (χ0n) is 22.0. The van der Waals surface area contributed by atoms with Crippen LogP contribution in [0.5, 0.6) is 5.75 Å². The average molecular weight is 509 g/mol. The van der Waals surface area contributed by atoms with Gasteiger partial charge in [-0.05, 0) is 57.4 Å². The van der Waals surface area contributed by atoms with Crippen molar-refractivity contribution in [1.82, 2.24) is 20.0 Å². The van der Waals surface area contributed by atoms with Crippen molar-refractivity contribution in [2.45, 2.75) is 31.5 Å². The van der Waals surface area contributed by atoms with Gasteiger partial charge in [0.05, 0.1) is 13.7 Å². The van der Waals surface area contributed by atoms with Gasteiger partial charge < -0.3 is 24.6 Å². The van der Waals surface area contributed by atoms with E-state index in [0.29, 0.717) is 55.9 Å². The molecule has 0 unspecified atom stereocenters. The van der Waals surface area contributed by atoms with Gasteiger partial charge in [-0.1, -0.05) is 17.7 Å². The van der Waals surface area contributed by atoms with Crippen LogP contribution in [0.1, 0.15) is 39.1 Å². The fraction of sp³-hybridized carbons (Fsp3) is 0.464. The normalized spacial score (nSPS) is 18.8. The van der Waals surface area contributed by atoms with Crippen LogP contribution in [-0.2, 0) is 9.53 Å². The Morgan fingerprint density at radius 2 is 1.59 bits per heavy atom. The van der Waals surface area contributed by atoms with Crippen molar-refractivity contribution in [2.24, 2.45) is 0 Å². The summed E-state index contributed by atoms with van der Waals surface area (Å²) in [4.78, 5) is 45.5. The van der Waals surface area contributed by atoms with Crippen molar-refractivity contribution in [3.63, 3.8) is 0 Å². The second kappa shape index (κ2) is 11.3. The molecule has 2 aromatic carbocycles. The Morgan fingerprint density at radius 3 is 2.19 bits per heavy atom. The van der Waals surface area contributed by atoms with Crippen molar-refractivity contribution in [2.75, 3.05) is 54.0 Å². The molecule has 2 saturated heterocycles. The Hall–Kier alpha value is -3.43. The highest BCUT2D eigenvalue weighted by atomic mass is 16.5. The number of benzene rings is 2. The van der Waals surface area contributed by atoms with Gasteiger partial charge in [-0.2, -0.15) is 0 Å². The molecular weight excluding hydrogens is 472 g/mol. The molecule has 2 aliphatic heterocycles. The number of carbonyl (C=O) groups is 3. The van der Waals surface area contributed by atoms with Crippen LogP contribution in [0.4, 0.5) is 0 Å². The highest BCUT2D eigenvalue weighted by Crippen LogP contribution is 2.39. The molecule has 37 heavy (non-hydrogen) atoms. The number of aryl methyl sites for hydroxylation is 1. The summed E-state index contributed by atoms with van der Waals surface area (Å²) in [6.07, 6.45) is 0.849. The van der Waals surface area contributed by atoms with Gasteiger partial charge in [-0.3, -0.25) is 19.3 Å². The summed E-state index contributed by atoms with van der Waals surface area (Å²) in [7, 11) is 5.46. The van der Waals surface area contributed by atoms with Crippen LogP contribution < -0.4 is 10.1 Å². The number of nitrogens with zero attached hydrogens (tertiary/aromatic N) is 3. The third kappa shape index (κ3) is 5.78. The topological polar surface area (TPSA) is 91.4 Å². The molecule has 1 N–H and O–H groups in total. The minimum Gasteiger partial charge on any atom is -0.497 e. The SMILES string of the molecule is COc1ccc(C(=O)N2CCC3(CC2)OC[C@@H](C(=O)NCCN(C)C)N3C(=O)c2ccc(C)cc2)cc1. The number of rotatable bonds is 7. The number of likely N-dealkylation sites (N-methyl/N-ethyl adjacent to an activating group) is 1. The third-order valence-corrected chi connectivity index (χ3v) is 7.11. The predicted octanol–water partition coefficient (Wildman–Crippen LogP) is 2.15. The maximum absolute atomic E-state index is 13.8. The summed E-state index contributed by atoms with van der Waals surface area (Å²) in [5, 5.41) is 2.95. The minimum atomic E-state index is -0.942. The molecule has 0 bridgehead atoms. The Bertz CT molecular complexity index is 1110. The van der Waals surface area contributed by atoms with Crippen LogP contribution in [0.25, 0.3) is 0 Å². The van der Waals surface area contributed by atoms with E-state index in [0.717, 1.165) is 5.56 Å². The summed E-state index contributed by atoms with van der Waals surface area (Å²) < 4.78 is 11.5. The molecule has 2 aliphatic rings. The van der Waals surface area contributed by atoms with Crippen molar-refractivity contribution in [1.29, 1.82) is 0 Å². The summed E-state index contributed by atoms with van der Waals surface area (Å²) in [6.45, 7) is 4.09. The zero-order chi connectivity index (χ0) is 26.6. The van der Waals surface area contributed by atoms with Gasteiger partial charge in [0, 0.05) is 50.1 Å². The van der Waals surface area contributed by atoms with E-state index in [4.69, 9.17) is 9.47 Å². The van der Waals surface area contributed by atoms with Gasteiger partial charge in [-0.15, -0.1) is 0 Å². The number of hydrogen-bond donors (Lipinski definition) is 1. The van der Waals surface area contributed by atoms with Gasteiger partial charge in [0.25, 0.3) is 11.8 Å². The Morgan fingerprint density at radius 1 is 1.00 bits per heavy atom. The van der Waals surface area contributed by atoms with Crippen LogP contribution in [0.2, 0.25) is 0 Å². The van der Waals surface area contributed by atoms with Crippen LogP contribution in [-0.4, -0.2) is 98.2 Å². The summed E-state index contributed by atoms with van der Waals surface area (Å²) in [6, 6.07) is 13.6. The molecule has 0 saturated carbocycles. The molecule has 0 aromatic heterocycles. The highest BCUT2D eigenvalue weighted by molar-refractivity contribution is 5.98. The summed E-state index contributed by atoms with van der Waals surface area (Å²) in [5.74, 6) is 0.148. The van der Waals surface area contributed by atoms with E-state index in [9.17, 15) is 14.4 Å². The molecule has 2 fully saturated rings. The smallest absolute Gasteiger partial charge is 0.256 e. The van der Waals surface area contributed by atoms with E-state index in [2.05, 4.69) is 5.32 Å². The van der Waals surface area contributed by atoms with E-state index < -0.39 is 11.8 Å². The molecule has 4 rings (SSSR count). The van der Waals surface area contributed by atoms with E-state index in [-0.39, 0.29) is 24.3 Å². The lowest BCUT2D eigenvalue weighted by molar-refractivity contribution is -0.128. The molecule has 9 heteroatoms. The first-order valence-corrected chi connectivity index (χ1v) is 12.6. The second-order valence-corrected chi connectivity index (χ2v) is 9.93. The number of ether oxygens (including phenoxy) is 2. The fourth-order valence-corrected chi connectivity index (χ4v) is 4.90. The number of methoxy groups -OCH3 is 1. The first-order chi connectivity index (χ1) is 17.7. The van der Waals surface area contributed by atoms with Crippen molar-refractivity contribution in [3.8, 4) is 5.75 Å². The molecule has 1 atom stereocenters. The molecular formula is C28H36N4O5. The van der Waals surface area contributed by atoms with Crippen LogP contribution >= 0.6 is 0 Å². The largest absolute Gasteiger partial charge is 0.497 e. The van der Waals surface area contributed by atoms with Crippen LogP contribution in [0.3, 0.4) is 0 Å². The monoisotopic (exact) mass is 508 g/mol.